The van der Waals surface area contributed by atoms with Crippen LogP contribution in [0, 0.1) is 0 Å². The summed E-state index contributed by atoms with van der Waals surface area (Å²) in [5, 5.41) is 0. The van der Waals surface area contributed by atoms with Crippen LogP contribution in [-0.4, -0.2) is 21.4 Å². The fourth-order valence-corrected chi connectivity index (χ4v) is 3.91. The average molecular weight is 367 g/mol. The number of hydrogen-bond acceptors (Lipinski definition) is 4. The van der Waals surface area contributed by atoms with Crippen molar-refractivity contribution in [1.82, 2.24) is 0 Å². The van der Waals surface area contributed by atoms with Crippen molar-refractivity contribution in [2.45, 2.75) is 4.90 Å². The van der Waals surface area contributed by atoms with Crippen LogP contribution in [0.15, 0.2) is 89.8 Å². The predicted molar refractivity (Wildman–Crippen MR) is 99.9 cm³/mol. The van der Waals surface area contributed by atoms with E-state index in [2.05, 4.69) is 0 Å². The molecule has 0 spiro atoms. The second kappa shape index (κ2) is 7.41. The van der Waals surface area contributed by atoms with Gasteiger partial charge in [-0.1, -0.05) is 36.4 Å². The number of amides is 1. The summed E-state index contributed by atoms with van der Waals surface area (Å²) in [7, 11) is -2.56. The molecule has 0 unspecified atom stereocenters. The minimum absolute atomic E-state index is 0.0418. The Hall–Kier alpha value is -3.12. The molecule has 0 bridgehead atoms. The van der Waals surface area contributed by atoms with E-state index in [0.29, 0.717) is 5.75 Å². The van der Waals surface area contributed by atoms with Crippen LogP contribution in [0.25, 0.3) is 0 Å². The Morgan fingerprint density at radius 2 is 1.35 bits per heavy atom. The van der Waals surface area contributed by atoms with E-state index in [0.717, 1.165) is 4.31 Å². The third-order valence-corrected chi connectivity index (χ3v) is 5.52. The van der Waals surface area contributed by atoms with Crippen LogP contribution in [0.2, 0.25) is 0 Å². The number of hydrogen-bond donors (Lipinski definition) is 0. The van der Waals surface area contributed by atoms with Gasteiger partial charge in [-0.05, 0) is 48.5 Å². The monoisotopic (exact) mass is 367 g/mol. The molecule has 3 rings (SSSR count). The van der Waals surface area contributed by atoms with Gasteiger partial charge >= 0.3 is 0 Å². The lowest BCUT2D eigenvalue weighted by molar-refractivity contribution is 0.101. The molecule has 0 N–H and O–H groups in total. The van der Waals surface area contributed by atoms with Gasteiger partial charge in [-0.15, -0.1) is 0 Å². The predicted octanol–water partition coefficient (Wildman–Crippen LogP) is 3.73. The first-order valence-electron chi connectivity index (χ1n) is 7.88. The summed E-state index contributed by atoms with van der Waals surface area (Å²) in [4.78, 5) is 13.1. The van der Waals surface area contributed by atoms with Crippen LogP contribution >= 0.6 is 0 Å². The molecule has 0 radical (unpaired) electrons. The number of nitrogens with zero attached hydrogens (tertiary/aromatic N) is 1. The molecule has 0 aliphatic carbocycles. The molecular formula is C20H17NO4S. The Labute approximate surface area is 152 Å². The molecule has 0 saturated heterocycles. The van der Waals surface area contributed by atoms with Crippen LogP contribution in [0.5, 0.6) is 5.75 Å². The quantitative estimate of drug-likeness (QED) is 0.689. The van der Waals surface area contributed by atoms with Crippen LogP contribution in [0.4, 0.5) is 5.69 Å². The number of benzene rings is 3. The molecule has 0 saturated carbocycles. The molecule has 26 heavy (non-hydrogen) atoms. The first kappa shape index (κ1) is 17.7. The topological polar surface area (TPSA) is 63.7 Å². The minimum atomic E-state index is -4.08. The number of ether oxygens (including phenoxy) is 1. The summed E-state index contributed by atoms with van der Waals surface area (Å²) in [6.07, 6.45) is 0. The van der Waals surface area contributed by atoms with E-state index in [9.17, 15) is 13.2 Å². The van der Waals surface area contributed by atoms with Gasteiger partial charge in [-0.25, -0.2) is 8.42 Å². The van der Waals surface area contributed by atoms with Gasteiger partial charge in [0, 0.05) is 5.56 Å². The molecule has 5 nitrogen and oxygen atoms in total. The van der Waals surface area contributed by atoms with E-state index in [4.69, 9.17) is 4.74 Å². The zero-order chi connectivity index (χ0) is 18.6. The summed E-state index contributed by atoms with van der Waals surface area (Å²) in [5.74, 6) is -0.0578. The van der Waals surface area contributed by atoms with Crippen molar-refractivity contribution >= 4 is 21.6 Å². The highest BCUT2D eigenvalue weighted by molar-refractivity contribution is 7.93. The second-order valence-corrected chi connectivity index (χ2v) is 7.24. The number of anilines is 1. The van der Waals surface area contributed by atoms with Crippen LogP contribution in [0.1, 0.15) is 10.4 Å². The highest BCUT2D eigenvalue weighted by Gasteiger charge is 2.31. The molecule has 0 heterocycles. The number of rotatable bonds is 5. The fourth-order valence-electron chi connectivity index (χ4n) is 2.48. The highest BCUT2D eigenvalue weighted by Crippen LogP contribution is 2.27. The zero-order valence-electron chi connectivity index (χ0n) is 14.1. The lowest BCUT2D eigenvalue weighted by atomic mass is 10.2. The summed E-state index contributed by atoms with van der Waals surface area (Å²) in [5.41, 5.74) is 0.520. The fraction of sp³-hybridized carbons (Fsp3) is 0.0500. The maximum absolute atomic E-state index is 13.2. The van der Waals surface area contributed by atoms with Gasteiger partial charge in [0.2, 0.25) is 0 Å². The van der Waals surface area contributed by atoms with Gasteiger partial charge in [0.15, 0.2) is 0 Å². The first-order chi connectivity index (χ1) is 12.5. The molecule has 1 amide bonds. The molecule has 0 fully saturated rings. The molecule has 0 aromatic heterocycles. The summed E-state index contributed by atoms with van der Waals surface area (Å²) in [6, 6.07) is 22.5. The van der Waals surface area contributed by atoms with E-state index in [1.165, 1.54) is 19.2 Å². The summed E-state index contributed by atoms with van der Waals surface area (Å²) < 4.78 is 32.3. The average Bonchev–Trinajstić information content (AvgIpc) is 2.70. The SMILES string of the molecule is COc1ccc(N(C(=O)c2ccccc2)S(=O)(=O)c2ccccc2)cc1. The lowest BCUT2D eigenvalue weighted by Gasteiger charge is -2.23. The van der Waals surface area contributed by atoms with E-state index in [1.807, 2.05) is 0 Å². The van der Waals surface area contributed by atoms with Crippen molar-refractivity contribution in [3.63, 3.8) is 0 Å². The van der Waals surface area contributed by atoms with Crippen molar-refractivity contribution in [3.8, 4) is 5.75 Å². The van der Waals surface area contributed by atoms with Crippen molar-refractivity contribution in [3.05, 3.63) is 90.5 Å². The number of sulfonamides is 1. The minimum Gasteiger partial charge on any atom is -0.497 e. The Kier molecular flexibility index (Phi) is 5.04. The normalized spacial score (nSPS) is 11.0. The van der Waals surface area contributed by atoms with Gasteiger partial charge in [0.05, 0.1) is 17.7 Å². The van der Waals surface area contributed by atoms with Gasteiger partial charge < -0.3 is 4.74 Å². The largest absolute Gasteiger partial charge is 0.497 e. The summed E-state index contributed by atoms with van der Waals surface area (Å²) >= 11 is 0. The molecule has 0 aliphatic rings. The summed E-state index contributed by atoms with van der Waals surface area (Å²) in [6.45, 7) is 0. The second-order valence-electron chi connectivity index (χ2n) is 5.45. The number of carbonyl (C=O) groups excluding carboxylic acids is 1. The smallest absolute Gasteiger partial charge is 0.272 e. The molecular weight excluding hydrogens is 350 g/mol. The van der Waals surface area contributed by atoms with Gasteiger partial charge in [-0.2, -0.15) is 4.31 Å². The molecule has 3 aromatic carbocycles. The number of methoxy groups -OCH3 is 1. The van der Waals surface area contributed by atoms with Crippen molar-refractivity contribution < 1.29 is 17.9 Å². The Morgan fingerprint density at radius 1 is 0.808 bits per heavy atom. The third kappa shape index (κ3) is 3.45. The van der Waals surface area contributed by atoms with Crippen LogP contribution in [-0.2, 0) is 10.0 Å². The molecule has 0 atom stereocenters. The van der Waals surface area contributed by atoms with Crippen LogP contribution in [0.3, 0.4) is 0 Å². The zero-order valence-corrected chi connectivity index (χ0v) is 14.9. The molecule has 0 aliphatic heterocycles. The van der Waals surface area contributed by atoms with E-state index < -0.39 is 15.9 Å². The maximum Gasteiger partial charge on any atom is 0.272 e. The Bertz CT molecular complexity index is 985. The Morgan fingerprint density at radius 3 is 1.88 bits per heavy atom. The highest BCUT2D eigenvalue weighted by atomic mass is 32.2. The van der Waals surface area contributed by atoms with E-state index in [1.54, 1.807) is 72.8 Å². The standard InChI is InChI=1S/C20H17NO4S/c1-25-18-14-12-17(13-15-18)21(20(22)16-8-4-2-5-9-16)26(23,24)19-10-6-3-7-11-19/h2-15H,1H3. The van der Waals surface area contributed by atoms with Gasteiger partial charge in [-0.3, -0.25) is 4.79 Å². The molecule has 132 valence electrons. The van der Waals surface area contributed by atoms with E-state index in [-0.39, 0.29) is 16.1 Å². The van der Waals surface area contributed by atoms with Gasteiger partial charge in [0.1, 0.15) is 5.75 Å². The molecule has 6 heteroatoms. The van der Waals surface area contributed by atoms with Crippen LogP contribution < -0.4 is 9.04 Å². The molecule has 3 aromatic rings. The third-order valence-electron chi connectivity index (χ3n) is 3.79. The van der Waals surface area contributed by atoms with Crippen molar-refractivity contribution in [1.29, 1.82) is 0 Å². The van der Waals surface area contributed by atoms with Crippen molar-refractivity contribution in [2.24, 2.45) is 0 Å². The Balaban J connectivity index is 2.14. The lowest BCUT2D eigenvalue weighted by Crippen LogP contribution is -2.37. The first-order valence-corrected chi connectivity index (χ1v) is 9.32. The number of carbonyl (C=O) groups is 1. The van der Waals surface area contributed by atoms with E-state index >= 15 is 0 Å². The van der Waals surface area contributed by atoms with Crippen molar-refractivity contribution in [2.75, 3.05) is 11.4 Å². The van der Waals surface area contributed by atoms with Gasteiger partial charge in [0.25, 0.3) is 15.9 Å². The maximum atomic E-state index is 13.2.